The Labute approximate surface area is 91.2 Å². The van der Waals surface area contributed by atoms with Crippen molar-refractivity contribution in [3.63, 3.8) is 0 Å². The van der Waals surface area contributed by atoms with Crippen molar-refractivity contribution < 1.29 is 0 Å². The van der Waals surface area contributed by atoms with Crippen LogP contribution >= 0.6 is 0 Å². The van der Waals surface area contributed by atoms with E-state index in [2.05, 4.69) is 50.0 Å². The summed E-state index contributed by atoms with van der Waals surface area (Å²) in [5.41, 5.74) is 2.72. The maximum absolute atomic E-state index is 4.39. The Morgan fingerprint density at radius 2 is 1.87 bits per heavy atom. The topological polar surface area (TPSA) is 12.9 Å². The van der Waals surface area contributed by atoms with Gasteiger partial charge in [-0.1, -0.05) is 39.0 Å². The van der Waals surface area contributed by atoms with Crippen LogP contribution in [-0.2, 0) is 5.41 Å². The molecule has 1 heteroatoms. The lowest BCUT2D eigenvalue weighted by Gasteiger charge is -2.24. The van der Waals surface area contributed by atoms with Crippen LogP contribution in [0.25, 0.3) is 10.9 Å². The molecule has 0 radical (unpaired) electrons. The second kappa shape index (κ2) is 3.65. The molecule has 0 N–H and O–H groups in total. The third-order valence-electron chi connectivity index (χ3n) is 3.26. The molecule has 0 saturated carbocycles. The molecule has 0 aliphatic carbocycles. The van der Waals surface area contributed by atoms with Crippen molar-refractivity contribution in [3.05, 3.63) is 42.1 Å². The lowest BCUT2D eigenvalue weighted by Crippen LogP contribution is -2.16. The van der Waals surface area contributed by atoms with Gasteiger partial charge in [0, 0.05) is 11.6 Å². The highest BCUT2D eigenvalue weighted by atomic mass is 14.6. The highest BCUT2D eigenvalue weighted by Crippen LogP contribution is 2.31. The predicted octanol–water partition coefficient (Wildman–Crippen LogP) is 3.92. The Morgan fingerprint density at radius 3 is 2.60 bits per heavy atom. The molecule has 1 nitrogen and oxygen atoms in total. The molecule has 0 amide bonds. The zero-order valence-corrected chi connectivity index (χ0v) is 9.62. The lowest BCUT2D eigenvalue weighted by molar-refractivity contribution is 0.510. The van der Waals surface area contributed by atoms with Crippen LogP contribution < -0.4 is 0 Å². The average Bonchev–Trinajstić information content (AvgIpc) is 2.28. The largest absolute Gasteiger partial charge is 0.256 e. The van der Waals surface area contributed by atoms with Gasteiger partial charge in [0.1, 0.15) is 0 Å². The van der Waals surface area contributed by atoms with E-state index in [0.717, 1.165) is 11.9 Å². The normalized spacial score (nSPS) is 11.9. The van der Waals surface area contributed by atoms with Gasteiger partial charge < -0.3 is 0 Å². The van der Waals surface area contributed by atoms with E-state index in [4.69, 9.17) is 0 Å². The SMILES string of the molecule is CCC(C)(C)c1ccnc2ccccc12. The third kappa shape index (κ3) is 1.74. The highest BCUT2D eigenvalue weighted by molar-refractivity contribution is 5.82. The number of hydrogen-bond acceptors (Lipinski definition) is 1. The maximum Gasteiger partial charge on any atom is 0.0704 e. The second-order valence-electron chi connectivity index (χ2n) is 4.61. The number of benzene rings is 1. The Morgan fingerprint density at radius 1 is 1.13 bits per heavy atom. The summed E-state index contributed by atoms with van der Waals surface area (Å²) >= 11 is 0. The van der Waals surface area contributed by atoms with E-state index in [1.54, 1.807) is 0 Å². The van der Waals surface area contributed by atoms with Gasteiger partial charge in [0.15, 0.2) is 0 Å². The van der Waals surface area contributed by atoms with Crippen LogP contribution in [-0.4, -0.2) is 4.98 Å². The van der Waals surface area contributed by atoms with E-state index in [1.807, 2.05) is 12.3 Å². The molecule has 0 saturated heterocycles. The first-order valence-electron chi connectivity index (χ1n) is 5.49. The molecular weight excluding hydrogens is 182 g/mol. The smallest absolute Gasteiger partial charge is 0.0704 e. The maximum atomic E-state index is 4.39. The van der Waals surface area contributed by atoms with Crippen molar-refractivity contribution in [1.82, 2.24) is 4.98 Å². The molecule has 78 valence electrons. The molecule has 0 unspecified atom stereocenters. The quantitative estimate of drug-likeness (QED) is 0.714. The average molecular weight is 199 g/mol. The number of fused-ring (bicyclic) bond motifs is 1. The minimum atomic E-state index is 0.225. The van der Waals surface area contributed by atoms with E-state index in [1.165, 1.54) is 10.9 Å². The fraction of sp³-hybridized carbons (Fsp3) is 0.357. The summed E-state index contributed by atoms with van der Waals surface area (Å²) in [7, 11) is 0. The summed E-state index contributed by atoms with van der Waals surface area (Å²) in [6, 6.07) is 10.5. The first-order chi connectivity index (χ1) is 7.15. The van der Waals surface area contributed by atoms with Crippen LogP contribution in [0.5, 0.6) is 0 Å². The van der Waals surface area contributed by atoms with E-state index >= 15 is 0 Å². The molecule has 0 aliphatic rings. The Hall–Kier alpha value is -1.37. The lowest BCUT2D eigenvalue weighted by atomic mass is 9.81. The monoisotopic (exact) mass is 199 g/mol. The molecule has 2 rings (SSSR count). The van der Waals surface area contributed by atoms with Crippen molar-refractivity contribution in [2.75, 3.05) is 0 Å². The molecule has 1 aromatic carbocycles. The zero-order valence-electron chi connectivity index (χ0n) is 9.62. The second-order valence-corrected chi connectivity index (χ2v) is 4.61. The van der Waals surface area contributed by atoms with Gasteiger partial charge >= 0.3 is 0 Å². The standard InChI is InChI=1S/C14H17N/c1-4-14(2,3)12-9-10-15-13-8-6-5-7-11(12)13/h5-10H,4H2,1-3H3. The fourth-order valence-electron chi connectivity index (χ4n) is 1.88. The van der Waals surface area contributed by atoms with E-state index < -0.39 is 0 Å². The highest BCUT2D eigenvalue weighted by Gasteiger charge is 2.20. The molecule has 0 bridgehead atoms. The van der Waals surface area contributed by atoms with Gasteiger partial charge in [0.2, 0.25) is 0 Å². The molecular formula is C14H17N. The van der Waals surface area contributed by atoms with E-state index in [9.17, 15) is 0 Å². The predicted molar refractivity (Wildman–Crippen MR) is 65.1 cm³/mol. The molecule has 1 heterocycles. The number of rotatable bonds is 2. The van der Waals surface area contributed by atoms with E-state index in [-0.39, 0.29) is 5.41 Å². The van der Waals surface area contributed by atoms with Crippen LogP contribution in [0, 0.1) is 0 Å². The molecule has 1 aromatic heterocycles. The number of nitrogens with zero attached hydrogens (tertiary/aromatic N) is 1. The van der Waals surface area contributed by atoms with Gasteiger partial charge in [-0.25, -0.2) is 0 Å². The number of pyridine rings is 1. The first kappa shape index (κ1) is 10.2. The molecule has 0 spiro atoms. The van der Waals surface area contributed by atoms with Crippen molar-refractivity contribution in [1.29, 1.82) is 0 Å². The summed E-state index contributed by atoms with van der Waals surface area (Å²) < 4.78 is 0. The summed E-state index contributed by atoms with van der Waals surface area (Å²) in [4.78, 5) is 4.39. The van der Waals surface area contributed by atoms with Crippen LogP contribution in [0.3, 0.4) is 0 Å². The van der Waals surface area contributed by atoms with Gasteiger partial charge in [0.05, 0.1) is 5.52 Å². The van der Waals surface area contributed by atoms with Crippen molar-refractivity contribution >= 4 is 10.9 Å². The van der Waals surface area contributed by atoms with Gasteiger partial charge in [-0.2, -0.15) is 0 Å². The van der Waals surface area contributed by atoms with Gasteiger partial charge in [-0.05, 0) is 29.5 Å². The Bertz CT molecular complexity index is 466. The third-order valence-corrected chi connectivity index (χ3v) is 3.26. The summed E-state index contributed by atoms with van der Waals surface area (Å²) in [5, 5.41) is 1.28. The van der Waals surface area contributed by atoms with Crippen LogP contribution in [0.2, 0.25) is 0 Å². The van der Waals surface area contributed by atoms with Gasteiger partial charge in [-0.15, -0.1) is 0 Å². The molecule has 2 aromatic rings. The van der Waals surface area contributed by atoms with Gasteiger partial charge in [0.25, 0.3) is 0 Å². The van der Waals surface area contributed by atoms with Gasteiger partial charge in [-0.3, -0.25) is 4.98 Å². The van der Waals surface area contributed by atoms with Crippen molar-refractivity contribution in [3.8, 4) is 0 Å². The van der Waals surface area contributed by atoms with Crippen LogP contribution in [0.1, 0.15) is 32.8 Å². The Kier molecular flexibility index (Phi) is 2.47. The number of hydrogen-bond donors (Lipinski definition) is 0. The molecule has 0 fully saturated rings. The van der Waals surface area contributed by atoms with Crippen LogP contribution in [0.4, 0.5) is 0 Å². The van der Waals surface area contributed by atoms with Crippen LogP contribution in [0.15, 0.2) is 36.5 Å². The zero-order chi connectivity index (χ0) is 10.9. The number of aromatic nitrogens is 1. The number of para-hydroxylation sites is 1. The fourth-order valence-corrected chi connectivity index (χ4v) is 1.88. The minimum absolute atomic E-state index is 0.225. The van der Waals surface area contributed by atoms with E-state index in [0.29, 0.717) is 0 Å². The van der Waals surface area contributed by atoms with Crippen molar-refractivity contribution in [2.45, 2.75) is 32.6 Å². The van der Waals surface area contributed by atoms with Crippen molar-refractivity contribution in [2.24, 2.45) is 0 Å². The summed E-state index contributed by atoms with van der Waals surface area (Å²) in [5.74, 6) is 0. The molecule has 15 heavy (non-hydrogen) atoms. The Balaban J connectivity index is 2.71. The minimum Gasteiger partial charge on any atom is -0.256 e. The molecule has 0 atom stereocenters. The first-order valence-corrected chi connectivity index (χ1v) is 5.49. The summed E-state index contributed by atoms with van der Waals surface area (Å²) in [6.07, 6.45) is 3.05. The summed E-state index contributed by atoms with van der Waals surface area (Å²) in [6.45, 7) is 6.80. The molecule has 0 aliphatic heterocycles.